The van der Waals surface area contributed by atoms with Crippen LogP contribution >= 0.6 is 0 Å². The summed E-state index contributed by atoms with van der Waals surface area (Å²) >= 11 is 0. The highest BCUT2D eigenvalue weighted by Crippen LogP contribution is 2.14. The van der Waals surface area contributed by atoms with E-state index in [9.17, 15) is 4.39 Å². The zero-order valence-electron chi connectivity index (χ0n) is 8.15. The van der Waals surface area contributed by atoms with E-state index in [1.165, 1.54) is 6.07 Å². The van der Waals surface area contributed by atoms with E-state index >= 15 is 0 Å². The molecular weight excluding hydrogens is 191 g/mol. The normalized spacial score (nSPS) is 10.2. The third-order valence-corrected chi connectivity index (χ3v) is 2.22. The summed E-state index contributed by atoms with van der Waals surface area (Å²) in [6.45, 7) is 0. The molecule has 1 heterocycles. The van der Waals surface area contributed by atoms with E-state index in [-0.39, 0.29) is 11.5 Å². The van der Waals surface area contributed by atoms with Gasteiger partial charge in [-0.2, -0.15) is 0 Å². The van der Waals surface area contributed by atoms with Crippen LogP contribution in [0, 0.1) is 5.82 Å². The summed E-state index contributed by atoms with van der Waals surface area (Å²) in [5.41, 5.74) is 7.60. The summed E-state index contributed by atoms with van der Waals surface area (Å²) in [7, 11) is 0. The number of halogens is 1. The average molecular weight is 202 g/mol. The minimum absolute atomic E-state index is 0.188. The smallest absolute Gasteiger partial charge is 0.146 e. The second kappa shape index (κ2) is 4.09. The Morgan fingerprint density at radius 3 is 2.47 bits per heavy atom. The van der Waals surface area contributed by atoms with Gasteiger partial charge in [0.05, 0.1) is 5.69 Å². The van der Waals surface area contributed by atoms with Gasteiger partial charge in [0.1, 0.15) is 5.82 Å². The van der Waals surface area contributed by atoms with Crippen LogP contribution in [0.2, 0.25) is 0 Å². The highest BCUT2D eigenvalue weighted by atomic mass is 19.1. The first-order valence-corrected chi connectivity index (χ1v) is 4.68. The Hall–Kier alpha value is -1.90. The van der Waals surface area contributed by atoms with Crippen LogP contribution in [0.15, 0.2) is 42.7 Å². The van der Waals surface area contributed by atoms with E-state index in [0.29, 0.717) is 6.42 Å². The van der Waals surface area contributed by atoms with Crippen molar-refractivity contribution in [2.45, 2.75) is 6.42 Å². The highest BCUT2D eigenvalue weighted by Gasteiger charge is 2.00. The van der Waals surface area contributed by atoms with Gasteiger partial charge >= 0.3 is 0 Å². The lowest BCUT2D eigenvalue weighted by Crippen LogP contribution is -1.94. The molecule has 0 radical (unpaired) electrons. The second-order valence-electron chi connectivity index (χ2n) is 3.39. The lowest BCUT2D eigenvalue weighted by molar-refractivity contribution is 0.630. The molecule has 0 atom stereocenters. The van der Waals surface area contributed by atoms with Crippen molar-refractivity contribution in [3.8, 4) is 0 Å². The molecule has 0 aliphatic heterocycles. The monoisotopic (exact) mass is 202 g/mol. The van der Waals surface area contributed by atoms with Crippen LogP contribution in [0.3, 0.4) is 0 Å². The van der Waals surface area contributed by atoms with Gasteiger partial charge in [0, 0.05) is 12.4 Å². The number of aromatic nitrogens is 1. The lowest BCUT2D eigenvalue weighted by atomic mass is 10.1. The Bertz CT molecular complexity index is 454. The van der Waals surface area contributed by atoms with Crippen molar-refractivity contribution in [1.29, 1.82) is 0 Å². The fourth-order valence-electron chi connectivity index (χ4n) is 1.42. The minimum Gasteiger partial charge on any atom is -0.396 e. The summed E-state index contributed by atoms with van der Waals surface area (Å²) in [5.74, 6) is -0.360. The SMILES string of the molecule is Nc1ccc(Cc2ccncc2)cc1F. The number of hydrogen-bond acceptors (Lipinski definition) is 2. The van der Waals surface area contributed by atoms with Crippen LogP contribution < -0.4 is 5.73 Å². The number of benzene rings is 1. The van der Waals surface area contributed by atoms with E-state index in [1.54, 1.807) is 18.5 Å². The van der Waals surface area contributed by atoms with Gasteiger partial charge in [-0.05, 0) is 41.8 Å². The number of anilines is 1. The molecule has 0 saturated carbocycles. The largest absolute Gasteiger partial charge is 0.396 e. The molecule has 0 aliphatic carbocycles. The van der Waals surface area contributed by atoms with Gasteiger partial charge in [0.2, 0.25) is 0 Å². The van der Waals surface area contributed by atoms with Gasteiger partial charge in [-0.1, -0.05) is 6.07 Å². The summed E-state index contributed by atoms with van der Waals surface area (Å²) in [4.78, 5) is 3.92. The van der Waals surface area contributed by atoms with Crippen molar-refractivity contribution in [2.75, 3.05) is 5.73 Å². The zero-order valence-corrected chi connectivity index (χ0v) is 8.15. The number of nitrogens with zero attached hydrogens (tertiary/aromatic N) is 1. The maximum absolute atomic E-state index is 13.1. The lowest BCUT2D eigenvalue weighted by Gasteiger charge is -2.03. The van der Waals surface area contributed by atoms with Crippen LogP contribution in [0.25, 0.3) is 0 Å². The van der Waals surface area contributed by atoms with E-state index in [0.717, 1.165) is 11.1 Å². The molecule has 0 fully saturated rings. The molecule has 0 spiro atoms. The summed E-state index contributed by atoms with van der Waals surface area (Å²) in [5, 5.41) is 0. The van der Waals surface area contributed by atoms with Crippen molar-refractivity contribution < 1.29 is 4.39 Å². The Kier molecular flexibility index (Phi) is 2.63. The Balaban J connectivity index is 2.22. The van der Waals surface area contributed by atoms with Crippen molar-refractivity contribution in [3.05, 3.63) is 59.7 Å². The van der Waals surface area contributed by atoms with Crippen LogP contribution in [0.4, 0.5) is 10.1 Å². The highest BCUT2D eigenvalue weighted by molar-refractivity contribution is 5.42. The van der Waals surface area contributed by atoms with Crippen molar-refractivity contribution in [1.82, 2.24) is 4.98 Å². The predicted molar refractivity (Wildman–Crippen MR) is 57.9 cm³/mol. The molecule has 2 N–H and O–H groups in total. The molecule has 76 valence electrons. The molecule has 3 heteroatoms. The quantitative estimate of drug-likeness (QED) is 0.759. The first-order valence-electron chi connectivity index (χ1n) is 4.68. The van der Waals surface area contributed by atoms with Gasteiger partial charge in [-0.3, -0.25) is 4.98 Å². The van der Waals surface area contributed by atoms with Crippen LogP contribution in [0.1, 0.15) is 11.1 Å². The van der Waals surface area contributed by atoms with Crippen LogP contribution in [-0.4, -0.2) is 4.98 Å². The van der Waals surface area contributed by atoms with Crippen molar-refractivity contribution in [3.63, 3.8) is 0 Å². The molecular formula is C12H11FN2. The minimum atomic E-state index is -0.360. The van der Waals surface area contributed by atoms with Gasteiger partial charge in [0.15, 0.2) is 0 Å². The van der Waals surface area contributed by atoms with Gasteiger partial charge < -0.3 is 5.73 Å². The number of nitrogen functional groups attached to an aromatic ring is 1. The Labute approximate surface area is 87.6 Å². The molecule has 15 heavy (non-hydrogen) atoms. The fraction of sp³-hybridized carbons (Fsp3) is 0.0833. The topological polar surface area (TPSA) is 38.9 Å². The molecule has 1 aromatic carbocycles. The number of nitrogens with two attached hydrogens (primary N) is 1. The second-order valence-corrected chi connectivity index (χ2v) is 3.39. The predicted octanol–water partition coefficient (Wildman–Crippen LogP) is 2.39. The summed E-state index contributed by atoms with van der Waals surface area (Å²) < 4.78 is 13.1. The molecule has 0 saturated heterocycles. The third kappa shape index (κ3) is 2.31. The summed E-state index contributed by atoms with van der Waals surface area (Å²) in [6, 6.07) is 8.71. The molecule has 2 rings (SSSR count). The molecule has 1 aromatic heterocycles. The molecule has 0 amide bonds. The first kappa shape index (κ1) is 9.65. The van der Waals surface area contributed by atoms with Gasteiger partial charge in [-0.25, -0.2) is 4.39 Å². The maximum atomic E-state index is 13.1. The fourth-order valence-corrected chi connectivity index (χ4v) is 1.42. The van der Waals surface area contributed by atoms with E-state index in [1.807, 2.05) is 18.2 Å². The van der Waals surface area contributed by atoms with Crippen molar-refractivity contribution >= 4 is 5.69 Å². The summed E-state index contributed by atoms with van der Waals surface area (Å²) in [6.07, 6.45) is 4.14. The molecule has 0 aliphatic rings. The first-order chi connectivity index (χ1) is 7.25. The molecule has 2 aromatic rings. The molecule has 2 nitrogen and oxygen atoms in total. The standard InChI is InChI=1S/C12H11FN2/c13-11-8-10(1-2-12(11)14)7-9-3-5-15-6-4-9/h1-6,8H,7,14H2. The Morgan fingerprint density at radius 2 is 1.80 bits per heavy atom. The van der Waals surface area contributed by atoms with Crippen LogP contribution in [-0.2, 0) is 6.42 Å². The van der Waals surface area contributed by atoms with Gasteiger partial charge in [0.25, 0.3) is 0 Å². The third-order valence-electron chi connectivity index (χ3n) is 2.22. The van der Waals surface area contributed by atoms with E-state index < -0.39 is 0 Å². The Morgan fingerprint density at radius 1 is 1.07 bits per heavy atom. The number of rotatable bonds is 2. The number of pyridine rings is 1. The molecule has 0 unspecified atom stereocenters. The average Bonchev–Trinajstić information content (AvgIpc) is 2.25. The zero-order chi connectivity index (χ0) is 10.7. The maximum Gasteiger partial charge on any atom is 0.146 e. The van der Waals surface area contributed by atoms with Crippen molar-refractivity contribution in [2.24, 2.45) is 0 Å². The number of hydrogen-bond donors (Lipinski definition) is 1. The van der Waals surface area contributed by atoms with Gasteiger partial charge in [-0.15, -0.1) is 0 Å². The van der Waals surface area contributed by atoms with Crippen LogP contribution in [0.5, 0.6) is 0 Å². The van der Waals surface area contributed by atoms with E-state index in [4.69, 9.17) is 5.73 Å². The van der Waals surface area contributed by atoms with E-state index in [2.05, 4.69) is 4.98 Å². The molecule has 0 bridgehead atoms.